The van der Waals surface area contributed by atoms with Gasteiger partial charge in [0, 0.05) is 11.5 Å². The van der Waals surface area contributed by atoms with Gasteiger partial charge in [0.15, 0.2) is 0 Å². The van der Waals surface area contributed by atoms with E-state index in [0.717, 1.165) is 29.4 Å². The molecule has 0 N–H and O–H groups in total. The lowest BCUT2D eigenvalue weighted by Crippen LogP contribution is -2.11. The Morgan fingerprint density at radius 2 is 1.23 bits per heavy atom. The first-order valence-electron chi connectivity index (χ1n) is 8.92. The van der Waals surface area contributed by atoms with E-state index in [0.29, 0.717) is 0 Å². The van der Waals surface area contributed by atoms with Gasteiger partial charge < -0.3 is 0 Å². The molecule has 0 saturated heterocycles. The van der Waals surface area contributed by atoms with Gasteiger partial charge in [0.05, 0.1) is 0 Å². The average Bonchev–Trinajstić information content (AvgIpc) is 2.74. The molecule has 0 saturated carbocycles. The van der Waals surface area contributed by atoms with Gasteiger partial charge in [0.2, 0.25) is 0 Å². The van der Waals surface area contributed by atoms with Crippen LogP contribution < -0.4 is 0 Å². The molecule has 1 heteroatoms. The van der Waals surface area contributed by atoms with Crippen molar-refractivity contribution >= 4 is 17.4 Å². The molecule has 0 aliphatic heterocycles. The monoisotopic (exact) mass is 336 g/mol. The Balaban J connectivity index is 1.90. The van der Waals surface area contributed by atoms with Crippen molar-refractivity contribution in [2.45, 2.75) is 12.3 Å². The smallest absolute Gasteiger partial charge is 0.147 e. The van der Waals surface area contributed by atoms with Crippen molar-refractivity contribution in [1.82, 2.24) is 0 Å². The molecule has 4 rings (SSSR count). The van der Waals surface area contributed by atoms with Crippen molar-refractivity contribution in [2.75, 3.05) is 0 Å². The highest BCUT2D eigenvalue weighted by Gasteiger charge is 2.26. The summed E-state index contributed by atoms with van der Waals surface area (Å²) in [6.45, 7) is 0. The molecule has 26 heavy (non-hydrogen) atoms. The molecule has 0 spiro atoms. The van der Waals surface area contributed by atoms with E-state index in [2.05, 4.69) is 54.6 Å². The first-order valence-corrected chi connectivity index (χ1v) is 8.92. The van der Waals surface area contributed by atoms with E-state index in [1.807, 2.05) is 42.5 Å². The largest absolute Gasteiger partial charge is 0.298 e. The number of benzene rings is 3. The third kappa shape index (κ3) is 3.16. The second-order valence-electron chi connectivity index (χ2n) is 6.56. The van der Waals surface area contributed by atoms with Crippen LogP contribution in [0, 0.1) is 0 Å². The summed E-state index contributed by atoms with van der Waals surface area (Å²) in [5.41, 5.74) is 6.64. The maximum Gasteiger partial charge on any atom is 0.147 e. The Bertz CT molecular complexity index is 951. The fourth-order valence-corrected chi connectivity index (χ4v) is 3.68. The van der Waals surface area contributed by atoms with E-state index in [1.165, 1.54) is 16.7 Å². The summed E-state index contributed by atoms with van der Waals surface area (Å²) in [6.07, 6.45) is 4.06. The molecule has 0 fully saturated rings. The van der Waals surface area contributed by atoms with Crippen molar-refractivity contribution in [3.63, 3.8) is 0 Å². The van der Waals surface area contributed by atoms with Gasteiger partial charge in [-0.2, -0.15) is 0 Å². The molecule has 1 aliphatic carbocycles. The summed E-state index contributed by atoms with van der Waals surface area (Å²) in [5, 5.41) is 0. The van der Waals surface area contributed by atoms with Crippen LogP contribution in [0.15, 0.2) is 103 Å². The first kappa shape index (κ1) is 16.3. The van der Waals surface area contributed by atoms with E-state index < -0.39 is 0 Å². The van der Waals surface area contributed by atoms with Crippen LogP contribution in [0.2, 0.25) is 0 Å². The summed E-state index contributed by atoms with van der Waals surface area (Å²) in [6, 6.07) is 31.0. The van der Waals surface area contributed by atoms with Gasteiger partial charge in [0.1, 0.15) is 6.29 Å². The van der Waals surface area contributed by atoms with Crippen molar-refractivity contribution in [3.8, 4) is 0 Å². The molecule has 0 amide bonds. The van der Waals surface area contributed by atoms with Crippen LogP contribution in [-0.4, -0.2) is 6.29 Å². The van der Waals surface area contributed by atoms with Crippen LogP contribution in [-0.2, 0) is 4.79 Å². The second-order valence-corrected chi connectivity index (χ2v) is 6.56. The van der Waals surface area contributed by atoms with E-state index >= 15 is 0 Å². The lowest BCUT2D eigenvalue weighted by molar-refractivity contribution is -0.105. The molecule has 0 heterocycles. The second kappa shape index (κ2) is 7.37. The van der Waals surface area contributed by atoms with Crippen molar-refractivity contribution < 1.29 is 4.79 Å². The van der Waals surface area contributed by atoms with Crippen LogP contribution in [0.4, 0.5) is 0 Å². The summed E-state index contributed by atoms with van der Waals surface area (Å²) in [4.78, 5) is 12.1. The minimum atomic E-state index is 0.0733. The van der Waals surface area contributed by atoms with Crippen LogP contribution in [0.1, 0.15) is 29.0 Å². The molecule has 126 valence electrons. The van der Waals surface area contributed by atoms with E-state index in [-0.39, 0.29) is 5.92 Å². The molecular weight excluding hydrogens is 316 g/mol. The highest BCUT2D eigenvalue weighted by Crippen LogP contribution is 2.42. The summed E-state index contributed by atoms with van der Waals surface area (Å²) in [7, 11) is 0. The standard InChI is InChI=1S/C25H20O/c26-18-25-23(20-12-6-2-7-13-20)16-22(19-10-4-1-5-11-19)17-24(25)21-14-8-3-9-15-21/h1-16,18,24H,17H2. The SMILES string of the molecule is O=CC1=C(c2ccccc2)C=C(c2ccccc2)CC1c1ccccc1. The zero-order valence-electron chi connectivity index (χ0n) is 14.5. The molecule has 1 unspecified atom stereocenters. The zero-order chi connectivity index (χ0) is 17.8. The third-order valence-electron chi connectivity index (χ3n) is 4.99. The van der Waals surface area contributed by atoms with Gasteiger partial charge in [-0.25, -0.2) is 0 Å². The molecule has 3 aromatic carbocycles. The van der Waals surface area contributed by atoms with Gasteiger partial charge in [0.25, 0.3) is 0 Å². The van der Waals surface area contributed by atoms with Gasteiger partial charge in [-0.1, -0.05) is 97.1 Å². The van der Waals surface area contributed by atoms with Crippen molar-refractivity contribution in [1.29, 1.82) is 0 Å². The Labute approximate surface area is 154 Å². The molecule has 0 radical (unpaired) electrons. The summed E-state index contributed by atoms with van der Waals surface area (Å²) < 4.78 is 0. The maximum atomic E-state index is 12.1. The predicted molar refractivity (Wildman–Crippen MR) is 108 cm³/mol. The van der Waals surface area contributed by atoms with E-state index in [1.54, 1.807) is 0 Å². The number of carbonyl (C=O) groups is 1. The molecule has 1 aliphatic rings. The first-order chi connectivity index (χ1) is 12.9. The van der Waals surface area contributed by atoms with E-state index in [9.17, 15) is 4.79 Å². The highest BCUT2D eigenvalue weighted by atomic mass is 16.1. The number of allylic oxidation sites excluding steroid dienone is 4. The van der Waals surface area contributed by atoms with Crippen LogP contribution in [0.5, 0.6) is 0 Å². The van der Waals surface area contributed by atoms with Gasteiger partial charge >= 0.3 is 0 Å². The predicted octanol–water partition coefficient (Wildman–Crippen LogP) is 5.91. The minimum absolute atomic E-state index is 0.0733. The Kier molecular flexibility index (Phi) is 4.61. The summed E-state index contributed by atoms with van der Waals surface area (Å²) in [5.74, 6) is 0.0733. The van der Waals surface area contributed by atoms with Crippen LogP contribution in [0.3, 0.4) is 0 Å². The number of rotatable bonds is 4. The number of aldehydes is 1. The number of hydrogen-bond acceptors (Lipinski definition) is 1. The molecule has 1 nitrogen and oxygen atoms in total. The Morgan fingerprint density at radius 1 is 0.692 bits per heavy atom. The van der Waals surface area contributed by atoms with Gasteiger partial charge in [-0.3, -0.25) is 4.79 Å². The third-order valence-corrected chi connectivity index (χ3v) is 4.99. The number of hydrogen-bond donors (Lipinski definition) is 0. The van der Waals surface area contributed by atoms with Gasteiger partial charge in [-0.05, 0) is 34.3 Å². The quantitative estimate of drug-likeness (QED) is 0.541. The van der Waals surface area contributed by atoms with Crippen LogP contribution >= 0.6 is 0 Å². The zero-order valence-corrected chi connectivity index (χ0v) is 14.5. The highest BCUT2D eigenvalue weighted by molar-refractivity contribution is 5.99. The minimum Gasteiger partial charge on any atom is -0.298 e. The molecule has 0 bridgehead atoms. The van der Waals surface area contributed by atoms with Crippen molar-refractivity contribution in [3.05, 3.63) is 119 Å². The van der Waals surface area contributed by atoms with Gasteiger partial charge in [-0.15, -0.1) is 0 Å². The summed E-state index contributed by atoms with van der Waals surface area (Å²) >= 11 is 0. The lowest BCUT2D eigenvalue weighted by atomic mass is 9.76. The normalized spacial score (nSPS) is 16.9. The lowest BCUT2D eigenvalue weighted by Gasteiger charge is -2.27. The van der Waals surface area contributed by atoms with E-state index in [4.69, 9.17) is 0 Å². The molecule has 0 aromatic heterocycles. The topological polar surface area (TPSA) is 17.1 Å². The molecule has 3 aromatic rings. The van der Waals surface area contributed by atoms with Crippen LogP contribution in [0.25, 0.3) is 11.1 Å². The fraction of sp³-hybridized carbons (Fsp3) is 0.0800. The Hall–Kier alpha value is -3.19. The van der Waals surface area contributed by atoms with Crippen molar-refractivity contribution in [2.24, 2.45) is 0 Å². The fourth-order valence-electron chi connectivity index (χ4n) is 3.68. The number of carbonyl (C=O) groups excluding carboxylic acids is 1. The molecular formula is C25H20O. The molecule has 1 atom stereocenters. The Morgan fingerprint density at radius 3 is 1.81 bits per heavy atom. The maximum absolute atomic E-state index is 12.1. The average molecular weight is 336 g/mol.